The minimum Gasteiger partial charge on any atom is -0.452 e. The highest BCUT2D eigenvalue weighted by Crippen LogP contribution is 2.55. The van der Waals surface area contributed by atoms with Crippen molar-refractivity contribution in [2.45, 2.75) is 38.1 Å². The Morgan fingerprint density at radius 1 is 1.20 bits per heavy atom. The summed E-state index contributed by atoms with van der Waals surface area (Å²) in [7, 11) is 1.94. The van der Waals surface area contributed by atoms with Crippen molar-refractivity contribution < 1.29 is 9.21 Å². The minimum absolute atomic E-state index is 0.0150. The summed E-state index contributed by atoms with van der Waals surface area (Å²) in [5.74, 6) is 3.27. The lowest BCUT2D eigenvalue weighted by molar-refractivity contribution is -0.0491. The molecule has 3 nitrogen and oxygen atoms in total. The predicted octanol–water partition coefficient (Wildman–Crippen LogP) is 3.83. The van der Waals surface area contributed by atoms with E-state index in [9.17, 15) is 4.79 Å². The fourth-order valence-corrected chi connectivity index (χ4v) is 5.50. The van der Waals surface area contributed by atoms with E-state index in [0.717, 1.165) is 11.8 Å². The number of furan rings is 1. The van der Waals surface area contributed by atoms with E-state index < -0.39 is 0 Å². The van der Waals surface area contributed by atoms with Crippen LogP contribution in [0.3, 0.4) is 0 Å². The molecule has 5 rings (SSSR count). The average molecular weight is 294 g/mol. The Hall–Kier alpha value is -0.960. The van der Waals surface area contributed by atoms with Gasteiger partial charge in [0.15, 0.2) is 0 Å². The van der Waals surface area contributed by atoms with Crippen LogP contribution in [0, 0.1) is 23.7 Å². The Labute approximate surface area is 124 Å². The van der Waals surface area contributed by atoms with Crippen molar-refractivity contribution in [1.82, 2.24) is 4.90 Å². The molecule has 1 aromatic rings. The van der Waals surface area contributed by atoms with Gasteiger partial charge in [0.05, 0.1) is 11.8 Å². The van der Waals surface area contributed by atoms with E-state index in [1.165, 1.54) is 38.4 Å². The van der Waals surface area contributed by atoms with Crippen LogP contribution in [0.15, 0.2) is 16.7 Å². The number of carbonyl (C=O) groups is 1. The maximum atomic E-state index is 12.6. The van der Waals surface area contributed by atoms with Gasteiger partial charge < -0.3 is 9.32 Å². The third-order valence-corrected chi connectivity index (χ3v) is 6.09. The van der Waals surface area contributed by atoms with Crippen LogP contribution < -0.4 is 0 Å². The first kappa shape index (κ1) is 12.8. The molecule has 1 heterocycles. The Bertz CT molecular complexity index is 510. The molecule has 4 fully saturated rings. The second-order valence-electron chi connectivity index (χ2n) is 6.95. The number of nitrogens with zero attached hydrogens (tertiary/aromatic N) is 1. The zero-order valence-electron chi connectivity index (χ0n) is 11.7. The third kappa shape index (κ3) is 1.82. The highest BCUT2D eigenvalue weighted by molar-refractivity contribution is 6.32. The van der Waals surface area contributed by atoms with Crippen LogP contribution in [-0.2, 0) is 0 Å². The highest BCUT2D eigenvalue weighted by atomic mass is 35.5. The fourth-order valence-electron chi connectivity index (χ4n) is 5.30. The maximum Gasteiger partial charge on any atom is 0.258 e. The molecule has 0 unspecified atom stereocenters. The van der Waals surface area contributed by atoms with Gasteiger partial charge in [-0.3, -0.25) is 4.79 Å². The van der Waals surface area contributed by atoms with Gasteiger partial charge in [0.2, 0.25) is 5.22 Å². The number of hydrogen-bond donors (Lipinski definition) is 0. The zero-order chi connectivity index (χ0) is 13.9. The molecular formula is C16H20ClNO2. The van der Waals surface area contributed by atoms with Gasteiger partial charge in [0.25, 0.3) is 5.91 Å². The van der Waals surface area contributed by atoms with Crippen molar-refractivity contribution in [2.75, 3.05) is 7.05 Å². The predicted molar refractivity (Wildman–Crippen MR) is 76.6 cm³/mol. The molecule has 1 aromatic heterocycles. The number of halogens is 1. The lowest BCUT2D eigenvalue weighted by atomic mass is 9.54. The molecule has 0 aliphatic heterocycles. The molecule has 20 heavy (non-hydrogen) atoms. The van der Waals surface area contributed by atoms with Gasteiger partial charge in [0.1, 0.15) is 0 Å². The number of rotatable bonds is 2. The second kappa shape index (κ2) is 4.52. The smallest absolute Gasteiger partial charge is 0.258 e. The molecule has 108 valence electrons. The van der Waals surface area contributed by atoms with Crippen LogP contribution in [0.1, 0.15) is 42.5 Å². The minimum atomic E-state index is 0.0150. The zero-order valence-corrected chi connectivity index (χ0v) is 12.5. The molecule has 4 aliphatic carbocycles. The first-order valence-electron chi connectivity index (χ1n) is 7.63. The molecule has 0 radical (unpaired) electrons. The number of hydrogen-bond acceptors (Lipinski definition) is 2. The monoisotopic (exact) mass is 293 g/mol. The quantitative estimate of drug-likeness (QED) is 0.830. The first-order valence-corrected chi connectivity index (χ1v) is 8.01. The first-order chi connectivity index (χ1) is 9.63. The van der Waals surface area contributed by atoms with Crippen molar-refractivity contribution in [1.29, 1.82) is 0 Å². The topological polar surface area (TPSA) is 33.5 Å². The van der Waals surface area contributed by atoms with Crippen LogP contribution in [-0.4, -0.2) is 23.9 Å². The van der Waals surface area contributed by atoms with Gasteiger partial charge in [0, 0.05) is 13.1 Å². The molecule has 1 amide bonds. The van der Waals surface area contributed by atoms with Crippen molar-refractivity contribution in [2.24, 2.45) is 23.7 Å². The largest absolute Gasteiger partial charge is 0.452 e. The maximum absolute atomic E-state index is 12.6. The summed E-state index contributed by atoms with van der Waals surface area (Å²) in [4.78, 5) is 14.6. The van der Waals surface area contributed by atoms with E-state index in [2.05, 4.69) is 0 Å². The van der Waals surface area contributed by atoms with Crippen molar-refractivity contribution in [3.8, 4) is 0 Å². The van der Waals surface area contributed by atoms with E-state index >= 15 is 0 Å². The summed E-state index contributed by atoms with van der Waals surface area (Å²) in [6.07, 6.45) is 8.18. The molecular weight excluding hydrogens is 274 g/mol. The lowest BCUT2D eigenvalue weighted by Gasteiger charge is -2.56. The molecule has 4 saturated carbocycles. The molecule has 0 N–H and O–H groups in total. The van der Waals surface area contributed by atoms with E-state index in [4.69, 9.17) is 16.0 Å². The molecule has 0 atom stereocenters. The third-order valence-electron chi connectivity index (χ3n) is 5.79. The van der Waals surface area contributed by atoms with E-state index in [1.54, 1.807) is 6.07 Å². The SMILES string of the molecule is CN(C(=O)c1ccoc1Cl)C1C2CC3CC(C2)CC1C3. The van der Waals surface area contributed by atoms with Gasteiger partial charge >= 0.3 is 0 Å². The summed E-state index contributed by atoms with van der Waals surface area (Å²) in [5, 5.41) is 0.214. The van der Waals surface area contributed by atoms with Gasteiger partial charge in [-0.15, -0.1) is 0 Å². The molecule has 0 aromatic carbocycles. The van der Waals surface area contributed by atoms with Gasteiger partial charge in [-0.2, -0.15) is 0 Å². The fraction of sp³-hybridized carbons (Fsp3) is 0.688. The summed E-state index contributed by atoms with van der Waals surface area (Å²) < 4.78 is 5.06. The van der Waals surface area contributed by atoms with E-state index in [-0.39, 0.29) is 11.1 Å². The molecule has 4 aliphatic rings. The second-order valence-corrected chi connectivity index (χ2v) is 7.29. The number of carbonyl (C=O) groups excluding carboxylic acids is 1. The summed E-state index contributed by atoms with van der Waals surface area (Å²) >= 11 is 5.95. The van der Waals surface area contributed by atoms with E-state index in [1.807, 2.05) is 11.9 Å². The van der Waals surface area contributed by atoms with Crippen molar-refractivity contribution in [3.05, 3.63) is 23.1 Å². The molecule has 4 heteroatoms. The molecule has 4 bridgehead atoms. The van der Waals surface area contributed by atoms with Crippen molar-refractivity contribution >= 4 is 17.5 Å². The normalized spacial score (nSPS) is 38.2. The summed E-state index contributed by atoms with van der Waals surface area (Å²) in [6.45, 7) is 0. The van der Waals surface area contributed by atoms with Gasteiger partial charge in [-0.25, -0.2) is 0 Å². The van der Waals surface area contributed by atoms with E-state index in [0.29, 0.717) is 23.4 Å². The van der Waals surface area contributed by atoms with Crippen LogP contribution in [0.5, 0.6) is 0 Å². The Morgan fingerprint density at radius 3 is 2.30 bits per heavy atom. The summed E-state index contributed by atoms with van der Waals surface area (Å²) in [5.41, 5.74) is 0.503. The lowest BCUT2D eigenvalue weighted by Crippen LogP contribution is -2.56. The Balaban J connectivity index is 1.58. The molecule has 0 saturated heterocycles. The van der Waals surface area contributed by atoms with Gasteiger partial charge in [-0.1, -0.05) is 0 Å². The Morgan fingerprint density at radius 2 is 1.80 bits per heavy atom. The Kier molecular flexibility index (Phi) is 2.88. The highest BCUT2D eigenvalue weighted by Gasteiger charge is 2.50. The van der Waals surface area contributed by atoms with Crippen LogP contribution in [0.25, 0.3) is 0 Å². The standard InChI is InChI=1S/C16H20ClNO2/c1-18(16(19)13-2-3-20-15(13)17)14-11-5-9-4-10(7-11)8-12(14)6-9/h2-3,9-12,14H,4-8H2,1H3. The van der Waals surface area contributed by atoms with Crippen LogP contribution in [0.4, 0.5) is 0 Å². The summed E-state index contributed by atoms with van der Waals surface area (Å²) in [6, 6.07) is 2.08. The number of amides is 1. The average Bonchev–Trinajstić information content (AvgIpc) is 2.82. The van der Waals surface area contributed by atoms with Crippen LogP contribution in [0.2, 0.25) is 5.22 Å². The van der Waals surface area contributed by atoms with Crippen LogP contribution >= 0.6 is 11.6 Å². The van der Waals surface area contributed by atoms with Crippen molar-refractivity contribution in [3.63, 3.8) is 0 Å². The van der Waals surface area contributed by atoms with Gasteiger partial charge in [-0.05, 0) is 73.4 Å². The molecule has 0 spiro atoms.